The van der Waals surface area contributed by atoms with Gasteiger partial charge in [-0.25, -0.2) is 0 Å². The van der Waals surface area contributed by atoms with Crippen molar-refractivity contribution in [3.63, 3.8) is 0 Å². The molecule has 0 spiro atoms. The highest BCUT2D eigenvalue weighted by Gasteiger charge is 2.34. The molecule has 0 radical (unpaired) electrons. The Morgan fingerprint density at radius 2 is 1.36 bits per heavy atom. The van der Waals surface area contributed by atoms with Gasteiger partial charge in [-0.15, -0.1) is 0 Å². The Balaban J connectivity index is 1.47. The number of benzene rings is 3. The second kappa shape index (κ2) is 8.41. The summed E-state index contributed by atoms with van der Waals surface area (Å²) in [4.78, 5) is 12.8. The van der Waals surface area contributed by atoms with Crippen LogP contribution in [0.1, 0.15) is 28.8 Å². The van der Waals surface area contributed by atoms with Crippen LogP contribution in [0.25, 0.3) is 11.1 Å². The number of nitrogens with one attached hydrogen (secondary N) is 1. The van der Waals surface area contributed by atoms with Crippen LogP contribution < -0.4 is 5.32 Å². The van der Waals surface area contributed by atoms with Gasteiger partial charge < -0.3 is 10.1 Å². The van der Waals surface area contributed by atoms with Crippen LogP contribution in [-0.2, 0) is 10.2 Å². The molecule has 142 valence electrons. The normalized spacial score (nSPS) is 15.7. The third kappa shape index (κ3) is 4.00. The zero-order valence-corrected chi connectivity index (χ0v) is 15.9. The molecule has 1 fully saturated rings. The van der Waals surface area contributed by atoms with Crippen molar-refractivity contribution in [2.75, 3.05) is 19.8 Å². The lowest BCUT2D eigenvalue weighted by Crippen LogP contribution is -2.44. The molecule has 0 atom stereocenters. The van der Waals surface area contributed by atoms with E-state index in [1.54, 1.807) is 0 Å². The quantitative estimate of drug-likeness (QED) is 0.697. The highest BCUT2D eigenvalue weighted by molar-refractivity contribution is 5.94. The van der Waals surface area contributed by atoms with Crippen LogP contribution in [0.4, 0.5) is 0 Å². The second-order valence-corrected chi connectivity index (χ2v) is 7.38. The summed E-state index contributed by atoms with van der Waals surface area (Å²) in [6.45, 7) is 2.09. The lowest BCUT2D eigenvalue weighted by Gasteiger charge is -2.38. The largest absolute Gasteiger partial charge is 0.381 e. The monoisotopic (exact) mass is 371 g/mol. The maximum Gasteiger partial charge on any atom is 0.251 e. The molecule has 0 aromatic heterocycles. The first-order valence-corrected chi connectivity index (χ1v) is 9.84. The van der Waals surface area contributed by atoms with Crippen LogP contribution in [0.3, 0.4) is 0 Å². The molecular formula is C25H25NO2. The van der Waals surface area contributed by atoms with Crippen molar-refractivity contribution in [1.29, 1.82) is 0 Å². The molecule has 0 bridgehead atoms. The van der Waals surface area contributed by atoms with Gasteiger partial charge in [-0.3, -0.25) is 4.79 Å². The minimum atomic E-state index is -0.0564. The van der Waals surface area contributed by atoms with Gasteiger partial charge in [0.25, 0.3) is 5.91 Å². The van der Waals surface area contributed by atoms with Gasteiger partial charge in [-0.05, 0) is 41.7 Å². The zero-order valence-electron chi connectivity index (χ0n) is 15.9. The average molecular weight is 371 g/mol. The van der Waals surface area contributed by atoms with Crippen molar-refractivity contribution < 1.29 is 9.53 Å². The number of ether oxygens (including phenoxy) is 1. The summed E-state index contributed by atoms with van der Waals surface area (Å²) < 4.78 is 5.58. The van der Waals surface area contributed by atoms with Gasteiger partial charge in [-0.2, -0.15) is 0 Å². The molecule has 1 saturated heterocycles. The third-order valence-corrected chi connectivity index (χ3v) is 5.68. The molecule has 3 nitrogen and oxygen atoms in total. The highest BCUT2D eigenvalue weighted by Crippen LogP contribution is 2.34. The first-order valence-electron chi connectivity index (χ1n) is 9.84. The van der Waals surface area contributed by atoms with Crippen LogP contribution in [0, 0.1) is 0 Å². The maximum atomic E-state index is 12.8. The molecule has 28 heavy (non-hydrogen) atoms. The van der Waals surface area contributed by atoms with E-state index in [9.17, 15) is 4.79 Å². The Bertz CT molecular complexity index is 898. The molecular weight excluding hydrogens is 346 g/mol. The summed E-state index contributed by atoms with van der Waals surface area (Å²) in [6.07, 6.45) is 1.84. The molecule has 1 aliphatic heterocycles. The third-order valence-electron chi connectivity index (χ3n) is 5.68. The van der Waals surface area contributed by atoms with E-state index in [4.69, 9.17) is 4.74 Å². The predicted octanol–water partition coefficient (Wildman–Crippen LogP) is 4.83. The number of hydrogen-bond donors (Lipinski definition) is 1. The van der Waals surface area contributed by atoms with E-state index >= 15 is 0 Å². The van der Waals surface area contributed by atoms with E-state index in [0.717, 1.165) is 37.2 Å². The van der Waals surface area contributed by atoms with Crippen LogP contribution >= 0.6 is 0 Å². The molecule has 0 saturated carbocycles. The standard InChI is InChI=1S/C25H25NO2/c27-24(22-13-11-21(12-14-22)20-7-3-1-4-8-20)26-19-25(15-17-28-18-16-25)23-9-5-2-6-10-23/h1-14H,15-19H2,(H,26,27). The molecule has 3 aromatic rings. The zero-order chi connectivity index (χ0) is 19.2. The minimum absolute atomic E-state index is 0.0265. The van der Waals surface area contributed by atoms with Gasteiger partial charge in [0, 0.05) is 30.7 Å². The van der Waals surface area contributed by atoms with E-state index in [0.29, 0.717) is 12.1 Å². The molecule has 3 aromatic carbocycles. The van der Waals surface area contributed by atoms with E-state index < -0.39 is 0 Å². The van der Waals surface area contributed by atoms with Crippen molar-refractivity contribution in [3.05, 3.63) is 96.1 Å². The number of carbonyl (C=O) groups excluding carboxylic acids is 1. The van der Waals surface area contributed by atoms with Gasteiger partial charge in [0.15, 0.2) is 0 Å². The number of hydrogen-bond acceptors (Lipinski definition) is 2. The molecule has 1 amide bonds. The number of carbonyl (C=O) groups is 1. The second-order valence-electron chi connectivity index (χ2n) is 7.38. The summed E-state index contributed by atoms with van der Waals surface area (Å²) >= 11 is 0. The topological polar surface area (TPSA) is 38.3 Å². The predicted molar refractivity (Wildman–Crippen MR) is 112 cm³/mol. The van der Waals surface area contributed by atoms with Crippen molar-refractivity contribution in [2.45, 2.75) is 18.3 Å². The first kappa shape index (κ1) is 18.5. The van der Waals surface area contributed by atoms with E-state index in [2.05, 4.69) is 41.7 Å². The fourth-order valence-electron chi connectivity index (χ4n) is 3.92. The smallest absolute Gasteiger partial charge is 0.251 e. The molecule has 0 unspecified atom stereocenters. The summed E-state index contributed by atoms with van der Waals surface area (Å²) in [5, 5.41) is 3.17. The Labute approximate surface area is 166 Å². The van der Waals surface area contributed by atoms with Gasteiger partial charge >= 0.3 is 0 Å². The van der Waals surface area contributed by atoms with Gasteiger partial charge in [0.2, 0.25) is 0 Å². The maximum absolute atomic E-state index is 12.8. The van der Waals surface area contributed by atoms with Crippen molar-refractivity contribution >= 4 is 5.91 Å². The Morgan fingerprint density at radius 1 is 0.786 bits per heavy atom. The summed E-state index contributed by atoms with van der Waals surface area (Å²) in [7, 11) is 0. The molecule has 3 heteroatoms. The van der Waals surface area contributed by atoms with Crippen molar-refractivity contribution in [3.8, 4) is 11.1 Å². The van der Waals surface area contributed by atoms with Crippen LogP contribution in [0.2, 0.25) is 0 Å². The summed E-state index contributed by atoms with van der Waals surface area (Å²) in [5.41, 5.74) is 4.18. The van der Waals surface area contributed by atoms with E-state index in [1.165, 1.54) is 5.56 Å². The fraction of sp³-hybridized carbons (Fsp3) is 0.240. The summed E-state index contributed by atoms with van der Waals surface area (Å²) in [5.74, 6) is -0.0265. The Hall–Kier alpha value is -2.91. The highest BCUT2D eigenvalue weighted by atomic mass is 16.5. The van der Waals surface area contributed by atoms with Crippen molar-refractivity contribution in [2.24, 2.45) is 0 Å². The molecule has 1 aliphatic rings. The molecule has 0 aliphatic carbocycles. The summed E-state index contributed by atoms with van der Waals surface area (Å²) in [6, 6.07) is 28.5. The average Bonchev–Trinajstić information content (AvgIpc) is 2.79. The first-order chi connectivity index (χ1) is 13.8. The molecule has 4 rings (SSSR count). The van der Waals surface area contributed by atoms with Crippen LogP contribution in [0.15, 0.2) is 84.9 Å². The van der Waals surface area contributed by atoms with Crippen LogP contribution in [-0.4, -0.2) is 25.7 Å². The lowest BCUT2D eigenvalue weighted by atomic mass is 9.74. The minimum Gasteiger partial charge on any atom is -0.381 e. The molecule has 1 heterocycles. The fourth-order valence-corrected chi connectivity index (χ4v) is 3.92. The number of rotatable bonds is 5. The Kier molecular flexibility index (Phi) is 5.54. The van der Waals surface area contributed by atoms with Gasteiger partial charge in [-0.1, -0.05) is 72.8 Å². The molecule has 1 N–H and O–H groups in total. The number of amides is 1. The van der Waals surface area contributed by atoms with E-state index in [1.807, 2.05) is 48.5 Å². The SMILES string of the molecule is O=C(NCC1(c2ccccc2)CCOCC1)c1ccc(-c2ccccc2)cc1. The van der Waals surface area contributed by atoms with Crippen LogP contribution in [0.5, 0.6) is 0 Å². The van der Waals surface area contributed by atoms with Gasteiger partial charge in [0.1, 0.15) is 0 Å². The lowest BCUT2D eigenvalue weighted by molar-refractivity contribution is 0.0487. The van der Waals surface area contributed by atoms with E-state index in [-0.39, 0.29) is 11.3 Å². The van der Waals surface area contributed by atoms with Crippen molar-refractivity contribution in [1.82, 2.24) is 5.32 Å². The van der Waals surface area contributed by atoms with Gasteiger partial charge in [0.05, 0.1) is 0 Å². The Morgan fingerprint density at radius 3 is 2.00 bits per heavy atom.